The lowest BCUT2D eigenvalue weighted by Gasteiger charge is -2.04. The summed E-state index contributed by atoms with van der Waals surface area (Å²) in [6.45, 7) is 0.186. The van der Waals surface area contributed by atoms with E-state index in [1.807, 2.05) is 0 Å². The second kappa shape index (κ2) is 3.30. The largest absolute Gasteiger partial charge is 0.506 e. The summed E-state index contributed by atoms with van der Waals surface area (Å²) >= 11 is 11.3. The lowest BCUT2D eigenvalue weighted by molar-refractivity contribution is 0.469. The van der Waals surface area contributed by atoms with Gasteiger partial charge in [-0.05, 0) is 12.1 Å². The highest BCUT2D eigenvalue weighted by atomic mass is 35.5. The van der Waals surface area contributed by atoms with E-state index in [2.05, 4.69) is 0 Å². The summed E-state index contributed by atoms with van der Waals surface area (Å²) in [6, 6.07) is 3.13. The zero-order chi connectivity index (χ0) is 8.43. The first-order chi connectivity index (χ1) is 5.16. The average molecular weight is 192 g/mol. The number of hydrogen-bond acceptors (Lipinski definition) is 2. The number of hydrogen-bond donors (Lipinski definition) is 2. The van der Waals surface area contributed by atoms with Gasteiger partial charge in [-0.3, -0.25) is 0 Å². The topological polar surface area (TPSA) is 46.2 Å². The van der Waals surface area contributed by atoms with E-state index in [0.717, 1.165) is 0 Å². The standard InChI is InChI=1S/C7H7Cl2NO/c8-5-1-2-6(9)7(11)4(5)3-10/h1-2,11H,3,10H2. The summed E-state index contributed by atoms with van der Waals surface area (Å²) in [5.74, 6) is -0.0262. The van der Waals surface area contributed by atoms with Crippen LogP contribution < -0.4 is 5.73 Å². The summed E-state index contributed by atoms with van der Waals surface area (Å²) < 4.78 is 0. The molecule has 0 aliphatic carbocycles. The molecule has 4 heteroatoms. The van der Waals surface area contributed by atoms with E-state index in [-0.39, 0.29) is 17.3 Å². The maximum atomic E-state index is 9.28. The van der Waals surface area contributed by atoms with E-state index in [4.69, 9.17) is 28.9 Å². The van der Waals surface area contributed by atoms with Gasteiger partial charge in [-0.25, -0.2) is 0 Å². The van der Waals surface area contributed by atoms with Crippen molar-refractivity contribution in [2.24, 2.45) is 5.73 Å². The van der Waals surface area contributed by atoms with Crippen molar-refractivity contribution in [3.05, 3.63) is 27.7 Å². The molecule has 0 saturated heterocycles. The van der Waals surface area contributed by atoms with Crippen LogP contribution in [0.25, 0.3) is 0 Å². The van der Waals surface area contributed by atoms with Crippen LogP contribution in [0.4, 0.5) is 0 Å². The third kappa shape index (κ3) is 1.59. The zero-order valence-corrected chi connectivity index (χ0v) is 7.15. The summed E-state index contributed by atoms with van der Waals surface area (Å²) in [7, 11) is 0. The Morgan fingerprint density at radius 3 is 2.27 bits per heavy atom. The highest BCUT2D eigenvalue weighted by Crippen LogP contribution is 2.31. The Morgan fingerprint density at radius 2 is 1.82 bits per heavy atom. The Hall–Kier alpha value is -0.440. The minimum Gasteiger partial charge on any atom is -0.506 e. The summed E-state index contributed by atoms with van der Waals surface area (Å²) in [5, 5.41) is 9.99. The van der Waals surface area contributed by atoms with E-state index in [1.54, 1.807) is 6.07 Å². The molecule has 0 saturated carbocycles. The lowest BCUT2D eigenvalue weighted by atomic mass is 10.2. The number of halogens is 2. The fourth-order valence-electron chi connectivity index (χ4n) is 0.777. The van der Waals surface area contributed by atoms with Gasteiger partial charge >= 0.3 is 0 Å². The van der Waals surface area contributed by atoms with E-state index < -0.39 is 0 Å². The molecule has 0 unspecified atom stereocenters. The number of rotatable bonds is 1. The maximum Gasteiger partial charge on any atom is 0.140 e. The normalized spacial score (nSPS) is 10.1. The van der Waals surface area contributed by atoms with Crippen LogP contribution in [-0.2, 0) is 6.54 Å². The molecule has 0 aliphatic heterocycles. The second-order valence-electron chi connectivity index (χ2n) is 2.06. The average Bonchev–Trinajstić information content (AvgIpc) is 1.99. The molecule has 11 heavy (non-hydrogen) atoms. The van der Waals surface area contributed by atoms with Crippen LogP contribution in [0, 0.1) is 0 Å². The van der Waals surface area contributed by atoms with Gasteiger partial charge in [-0.1, -0.05) is 23.2 Å². The summed E-state index contributed by atoms with van der Waals surface area (Å²) in [5.41, 5.74) is 5.80. The minimum absolute atomic E-state index is 0.0262. The highest BCUT2D eigenvalue weighted by Gasteiger charge is 2.07. The lowest BCUT2D eigenvalue weighted by Crippen LogP contribution is -1.97. The number of aromatic hydroxyl groups is 1. The van der Waals surface area contributed by atoms with Crippen molar-refractivity contribution in [3.8, 4) is 5.75 Å². The van der Waals surface area contributed by atoms with E-state index in [1.165, 1.54) is 6.07 Å². The van der Waals surface area contributed by atoms with Crippen LogP contribution in [0.15, 0.2) is 12.1 Å². The van der Waals surface area contributed by atoms with Gasteiger partial charge in [0.05, 0.1) is 5.02 Å². The number of benzene rings is 1. The molecule has 1 rings (SSSR count). The van der Waals surface area contributed by atoms with Crippen LogP contribution in [0.2, 0.25) is 10.0 Å². The molecule has 0 heterocycles. The quantitative estimate of drug-likeness (QED) is 0.715. The van der Waals surface area contributed by atoms with Gasteiger partial charge in [0.2, 0.25) is 0 Å². The van der Waals surface area contributed by atoms with Crippen molar-refractivity contribution >= 4 is 23.2 Å². The molecule has 0 spiro atoms. The van der Waals surface area contributed by atoms with Crippen molar-refractivity contribution in [2.75, 3.05) is 0 Å². The van der Waals surface area contributed by atoms with Gasteiger partial charge in [0.15, 0.2) is 0 Å². The molecular weight excluding hydrogens is 185 g/mol. The molecule has 1 aromatic rings. The van der Waals surface area contributed by atoms with Gasteiger partial charge < -0.3 is 10.8 Å². The smallest absolute Gasteiger partial charge is 0.140 e. The van der Waals surface area contributed by atoms with Gasteiger partial charge in [0.25, 0.3) is 0 Å². The third-order valence-corrected chi connectivity index (χ3v) is 2.04. The molecule has 60 valence electrons. The fraction of sp³-hybridized carbons (Fsp3) is 0.143. The minimum atomic E-state index is -0.0262. The van der Waals surface area contributed by atoms with Gasteiger partial charge in [0.1, 0.15) is 5.75 Å². The summed E-state index contributed by atoms with van der Waals surface area (Å²) in [4.78, 5) is 0. The SMILES string of the molecule is NCc1c(Cl)ccc(Cl)c1O. The van der Waals surface area contributed by atoms with Crippen molar-refractivity contribution < 1.29 is 5.11 Å². The molecule has 0 fully saturated rings. The van der Waals surface area contributed by atoms with Crippen molar-refractivity contribution in [3.63, 3.8) is 0 Å². The third-order valence-electron chi connectivity index (χ3n) is 1.38. The molecule has 0 atom stereocenters. The molecule has 1 aromatic carbocycles. The summed E-state index contributed by atoms with van der Waals surface area (Å²) in [6.07, 6.45) is 0. The molecular formula is C7H7Cl2NO. The Balaban J connectivity index is 3.29. The second-order valence-corrected chi connectivity index (χ2v) is 2.87. The number of phenolic OH excluding ortho intramolecular Hbond substituents is 1. The number of nitrogens with two attached hydrogens (primary N) is 1. The zero-order valence-electron chi connectivity index (χ0n) is 5.64. The van der Waals surface area contributed by atoms with E-state index in [9.17, 15) is 5.11 Å². The first-order valence-electron chi connectivity index (χ1n) is 3.02. The molecule has 3 N–H and O–H groups in total. The predicted molar refractivity (Wildman–Crippen MR) is 46.0 cm³/mol. The Kier molecular flexibility index (Phi) is 2.60. The Morgan fingerprint density at radius 1 is 1.27 bits per heavy atom. The molecule has 0 aliphatic rings. The van der Waals surface area contributed by atoms with E-state index in [0.29, 0.717) is 10.6 Å². The number of phenols is 1. The van der Waals surface area contributed by atoms with Gasteiger partial charge in [0, 0.05) is 17.1 Å². The Bertz CT molecular complexity index is 275. The molecule has 0 amide bonds. The van der Waals surface area contributed by atoms with E-state index >= 15 is 0 Å². The van der Waals surface area contributed by atoms with Crippen molar-refractivity contribution in [1.82, 2.24) is 0 Å². The highest BCUT2D eigenvalue weighted by molar-refractivity contribution is 6.34. The van der Waals surface area contributed by atoms with Crippen molar-refractivity contribution in [1.29, 1.82) is 0 Å². The van der Waals surface area contributed by atoms with Crippen molar-refractivity contribution in [2.45, 2.75) is 6.54 Å². The van der Waals surface area contributed by atoms with Crippen LogP contribution >= 0.6 is 23.2 Å². The molecule has 0 aromatic heterocycles. The van der Waals surface area contributed by atoms with Gasteiger partial charge in [-0.15, -0.1) is 0 Å². The fourth-order valence-corrected chi connectivity index (χ4v) is 1.18. The first kappa shape index (κ1) is 8.65. The molecule has 0 radical (unpaired) electrons. The monoisotopic (exact) mass is 191 g/mol. The van der Waals surface area contributed by atoms with Crippen LogP contribution in [0.1, 0.15) is 5.56 Å². The molecule has 2 nitrogen and oxygen atoms in total. The predicted octanol–water partition coefficient (Wildman–Crippen LogP) is 2.16. The first-order valence-corrected chi connectivity index (χ1v) is 3.78. The Labute approximate surface area is 74.5 Å². The van der Waals surface area contributed by atoms with Crippen LogP contribution in [-0.4, -0.2) is 5.11 Å². The van der Waals surface area contributed by atoms with Crippen LogP contribution in [0.3, 0.4) is 0 Å². The molecule has 0 bridgehead atoms. The maximum absolute atomic E-state index is 9.28. The van der Waals surface area contributed by atoms with Crippen LogP contribution in [0.5, 0.6) is 5.75 Å². The van der Waals surface area contributed by atoms with Gasteiger partial charge in [-0.2, -0.15) is 0 Å².